The molecule has 0 atom stereocenters. The number of rotatable bonds is 2. The third-order valence-electron chi connectivity index (χ3n) is 2.70. The van der Waals surface area contributed by atoms with Gasteiger partial charge in [0.1, 0.15) is 0 Å². The normalized spacial score (nSPS) is 10.5. The van der Waals surface area contributed by atoms with E-state index in [2.05, 4.69) is 20.2 Å². The molecule has 2 aromatic heterocycles. The lowest BCUT2D eigenvalue weighted by Crippen LogP contribution is -1.84. The van der Waals surface area contributed by atoms with E-state index in [0.29, 0.717) is 5.82 Å². The highest BCUT2D eigenvalue weighted by Gasteiger charge is 2.07. The molecular weight excluding hydrogens is 224 g/mol. The highest BCUT2D eigenvalue weighted by atomic mass is 15.2. The van der Waals surface area contributed by atoms with Crippen LogP contribution in [0.5, 0.6) is 0 Å². The number of hydrogen-bond acceptors (Lipinski definition) is 3. The summed E-state index contributed by atoms with van der Waals surface area (Å²) in [7, 11) is 0. The summed E-state index contributed by atoms with van der Waals surface area (Å²) in [5, 5.41) is 7.16. The predicted molar refractivity (Wildman–Crippen MR) is 69.8 cm³/mol. The summed E-state index contributed by atoms with van der Waals surface area (Å²) in [5.74, 6) is 1.44. The Morgan fingerprint density at radius 2 is 1.78 bits per heavy atom. The van der Waals surface area contributed by atoms with Gasteiger partial charge in [0.15, 0.2) is 11.6 Å². The van der Waals surface area contributed by atoms with Crippen molar-refractivity contribution in [3.05, 3.63) is 54.4 Å². The van der Waals surface area contributed by atoms with E-state index in [0.717, 1.165) is 22.6 Å². The molecule has 0 fully saturated rings. The monoisotopic (exact) mass is 236 g/mol. The van der Waals surface area contributed by atoms with Gasteiger partial charge < -0.3 is 0 Å². The molecule has 2 heterocycles. The average molecular weight is 236 g/mol. The van der Waals surface area contributed by atoms with Gasteiger partial charge in [-0.3, -0.25) is 10.1 Å². The Bertz CT molecular complexity index is 641. The lowest BCUT2D eigenvalue weighted by molar-refractivity contribution is 1.09. The number of H-pyrrole nitrogens is 1. The zero-order valence-electron chi connectivity index (χ0n) is 9.96. The zero-order valence-corrected chi connectivity index (χ0v) is 9.96. The number of nitrogens with zero attached hydrogens (tertiary/aromatic N) is 3. The second-order valence-electron chi connectivity index (χ2n) is 4.06. The molecule has 0 radical (unpaired) electrons. The Kier molecular flexibility index (Phi) is 2.61. The first-order chi connectivity index (χ1) is 8.83. The van der Waals surface area contributed by atoms with Gasteiger partial charge in [0, 0.05) is 23.0 Å². The summed E-state index contributed by atoms with van der Waals surface area (Å²) in [6, 6.07) is 13.9. The number of pyridine rings is 1. The fourth-order valence-electron chi connectivity index (χ4n) is 1.72. The highest BCUT2D eigenvalue weighted by Crippen LogP contribution is 2.18. The molecule has 4 heteroatoms. The minimum Gasteiger partial charge on any atom is -0.261 e. The van der Waals surface area contributed by atoms with Crippen LogP contribution in [0.15, 0.2) is 48.7 Å². The van der Waals surface area contributed by atoms with E-state index in [-0.39, 0.29) is 0 Å². The zero-order chi connectivity index (χ0) is 12.4. The lowest BCUT2D eigenvalue weighted by atomic mass is 10.2. The number of aromatic amines is 1. The van der Waals surface area contributed by atoms with Crippen molar-refractivity contribution < 1.29 is 0 Å². The third kappa shape index (κ3) is 2.00. The van der Waals surface area contributed by atoms with Crippen LogP contribution in [-0.4, -0.2) is 20.2 Å². The number of aryl methyl sites for hydroxylation is 1. The predicted octanol–water partition coefficient (Wildman–Crippen LogP) is 2.84. The van der Waals surface area contributed by atoms with Crippen LogP contribution in [0, 0.1) is 6.92 Å². The molecular formula is C14H12N4. The van der Waals surface area contributed by atoms with Crippen molar-refractivity contribution in [2.24, 2.45) is 0 Å². The minimum atomic E-state index is 0.668. The standard InChI is InChI=1S/C14H12N4/c1-10-7-8-12(9-15-10)14-16-13(17-18-14)11-5-3-2-4-6-11/h2-9H,1H3,(H,16,17,18). The second kappa shape index (κ2) is 4.41. The Hall–Kier alpha value is -2.49. The molecule has 88 valence electrons. The Labute approximate surface area is 105 Å². The van der Waals surface area contributed by atoms with Crippen LogP contribution in [0.2, 0.25) is 0 Å². The fraction of sp³-hybridized carbons (Fsp3) is 0.0714. The van der Waals surface area contributed by atoms with Gasteiger partial charge in [0.25, 0.3) is 0 Å². The van der Waals surface area contributed by atoms with Crippen LogP contribution >= 0.6 is 0 Å². The maximum Gasteiger partial charge on any atom is 0.183 e. The molecule has 0 aliphatic rings. The van der Waals surface area contributed by atoms with E-state index >= 15 is 0 Å². The van der Waals surface area contributed by atoms with Crippen LogP contribution in [0.4, 0.5) is 0 Å². The van der Waals surface area contributed by atoms with E-state index in [9.17, 15) is 0 Å². The first-order valence-corrected chi connectivity index (χ1v) is 5.74. The number of benzene rings is 1. The van der Waals surface area contributed by atoms with E-state index in [4.69, 9.17) is 0 Å². The maximum atomic E-state index is 4.47. The van der Waals surface area contributed by atoms with Crippen molar-refractivity contribution >= 4 is 0 Å². The minimum absolute atomic E-state index is 0.668. The molecule has 0 bridgehead atoms. The summed E-state index contributed by atoms with van der Waals surface area (Å²) in [4.78, 5) is 8.72. The van der Waals surface area contributed by atoms with Gasteiger partial charge in [-0.15, -0.1) is 0 Å². The molecule has 1 N–H and O–H groups in total. The summed E-state index contributed by atoms with van der Waals surface area (Å²) in [6.07, 6.45) is 1.78. The van der Waals surface area contributed by atoms with Crippen molar-refractivity contribution in [1.29, 1.82) is 0 Å². The summed E-state index contributed by atoms with van der Waals surface area (Å²) < 4.78 is 0. The summed E-state index contributed by atoms with van der Waals surface area (Å²) in [6.45, 7) is 1.96. The van der Waals surface area contributed by atoms with Gasteiger partial charge in [-0.25, -0.2) is 4.98 Å². The van der Waals surface area contributed by atoms with E-state index in [1.807, 2.05) is 49.4 Å². The van der Waals surface area contributed by atoms with Crippen LogP contribution in [0.25, 0.3) is 22.8 Å². The first-order valence-electron chi connectivity index (χ1n) is 5.74. The number of aromatic nitrogens is 4. The molecule has 4 nitrogen and oxygen atoms in total. The van der Waals surface area contributed by atoms with E-state index in [1.54, 1.807) is 6.20 Å². The van der Waals surface area contributed by atoms with E-state index < -0.39 is 0 Å². The topological polar surface area (TPSA) is 54.5 Å². The van der Waals surface area contributed by atoms with Crippen molar-refractivity contribution in [3.8, 4) is 22.8 Å². The highest BCUT2D eigenvalue weighted by molar-refractivity contribution is 5.60. The second-order valence-corrected chi connectivity index (χ2v) is 4.06. The van der Waals surface area contributed by atoms with Gasteiger partial charge in [-0.05, 0) is 19.1 Å². The molecule has 3 aromatic rings. The molecule has 0 saturated heterocycles. The molecule has 0 amide bonds. The Morgan fingerprint density at radius 3 is 2.50 bits per heavy atom. The van der Waals surface area contributed by atoms with Crippen molar-refractivity contribution in [2.75, 3.05) is 0 Å². The maximum absolute atomic E-state index is 4.47. The molecule has 0 unspecified atom stereocenters. The smallest absolute Gasteiger partial charge is 0.183 e. The fourth-order valence-corrected chi connectivity index (χ4v) is 1.72. The SMILES string of the molecule is Cc1ccc(-c2n[nH]c(-c3ccccc3)n2)cn1. The van der Waals surface area contributed by atoms with Gasteiger partial charge in [-0.1, -0.05) is 30.3 Å². The van der Waals surface area contributed by atoms with Gasteiger partial charge in [-0.2, -0.15) is 5.10 Å². The van der Waals surface area contributed by atoms with Crippen LogP contribution in [-0.2, 0) is 0 Å². The molecule has 3 rings (SSSR count). The lowest BCUT2D eigenvalue weighted by Gasteiger charge is -1.95. The Balaban J connectivity index is 1.97. The molecule has 1 aromatic carbocycles. The van der Waals surface area contributed by atoms with Crippen LogP contribution in [0.1, 0.15) is 5.69 Å². The Morgan fingerprint density at radius 1 is 0.944 bits per heavy atom. The molecule has 0 aliphatic carbocycles. The summed E-state index contributed by atoms with van der Waals surface area (Å²) >= 11 is 0. The van der Waals surface area contributed by atoms with Gasteiger partial charge >= 0.3 is 0 Å². The van der Waals surface area contributed by atoms with Crippen LogP contribution in [0.3, 0.4) is 0 Å². The molecule has 0 aliphatic heterocycles. The number of hydrogen-bond donors (Lipinski definition) is 1. The number of nitrogens with one attached hydrogen (secondary N) is 1. The van der Waals surface area contributed by atoms with E-state index in [1.165, 1.54) is 0 Å². The third-order valence-corrected chi connectivity index (χ3v) is 2.70. The average Bonchev–Trinajstić information content (AvgIpc) is 2.90. The van der Waals surface area contributed by atoms with Crippen LogP contribution < -0.4 is 0 Å². The van der Waals surface area contributed by atoms with Gasteiger partial charge in [0.05, 0.1) is 0 Å². The van der Waals surface area contributed by atoms with Crippen molar-refractivity contribution in [2.45, 2.75) is 6.92 Å². The van der Waals surface area contributed by atoms with Crippen molar-refractivity contribution in [1.82, 2.24) is 20.2 Å². The summed E-state index contributed by atoms with van der Waals surface area (Å²) in [5.41, 5.74) is 2.92. The molecule has 0 saturated carbocycles. The quantitative estimate of drug-likeness (QED) is 0.744. The van der Waals surface area contributed by atoms with Crippen molar-refractivity contribution in [3.63, 3.8) is 0 Å². The largest absolute Gasteiger partial charge is 0.261 e. The first kappa shape index (κ1) is 10.7. The molecule has 18 heavy (non-hydrogen) atoms. The molecule has 0 spiro atoms. The van der Waals surface area contributed by atoms with Gasteiger partial charge in [0.2, 0.25) is 0 Å².